The molecule has 0 saturated heterocycles. The number of hydrogen-bond donors (Lipinski definition) is 2. The van der Waals surface area contributed by atoms with E-state index in [0.717, 1.165) is 5.56 Å². The number of nitrogens with zero attached hydrogens (tertiary/aromatic N) is 3. The van der Waals surface area contributed by atoms with Gasteiger partial charge in [0.25, 0.3) is 11.5 Å². The number of carbonyl (C=O) groups is 1. The number of aromatic amines is 1. The quantitative estimate of drug-likeness (QED) is 0.349. The Hall–Kier alpha value is -3.69. The van der Waals surface area contributed by atoms with Gasteiger partial charge in [0, 0.05) is 23.9 Å². The summed E-state index contributed by atoms with van der Waals surface area (Å²) in [5, 5.41) is 7.99. The van der Waals surface area contributed by atoms with Gasteiger partial charge in [-0.1, -0.05) is 37.6 Å². The Kier molecular flexibility index (Phi) is 7.65. The third-order valence-corrected chi connectivity index (χ3v) is 6.57. The van der Waals surface area contributed by atoms with Crippen molar-refractivity contribution >= 4 is 23.0 Å². The van der Waals surface area contributed by atoms with Crippen molar-refractivity contribution < 1.29 is 13.9 Å². The van der Waals surface area contributed by atoms with Crippen LogP contribution in [0.15, 0.2) is 53.5 Å². The highest BCUT2D eigenvalue weighted by atomic mass is 35.5. The lowest BCUT2D eigenvalue weighted by Crippen LogP contribution is -2.34. The zero-order valence-electron chi connectivity index (χ0n) is 21.3. The van der Waals surface area contributed by atoms with Crippen LogP contribution in [0.4, 0.5) is 4.39 Å². The molecule has 194 valence electrons. The van der Waals surface area contributed by atoms with E-state index in [0.29, 0.717) is 45.3 Å². The summed E-state index contributed by atoms with van der Waals surface area (Å²) in [5.74, 6) is 0.0123. The molecule has 0 saturated carbocycles. The summed E-state index contributed by atoms with van der Waals surface area (Å²) in [6, 6.07) is 11.1. The molecule has 1 amide bonds. The lowest BCUT2D eigenvalue weighted by Gasteiger charge is -2.25. The van der Waals surface area contributed by atoms with Gasteiger partial charge < -0.3 is 19.9 Å². The molecule has 2 aromatic heterocycles. The van der Waals surface area contributed by atoms with Gasteiger partial charge in [0.1, 0.15) is 17.1 Å². The summed E-state index contributed by atoms with van der Waals surface area (Å²) in [6.07, 6.45) is 1.58. The van der Waals surface area contributed by atoms with Gasteiger partial charge in [-0.05, 0) is 55.9 Å². The van der Waals surface area contributed by atoms with Gasteiger partial charge in [-0.25, -0.2) is 8.91 Å². The number of benzene rings is 2. The Morgan fingerprint density at radius 2 is 1.92 bits per heavy atom. The fraction of sp³-hybridized carbons (Fsp3) is 0.296. The van der Waals surface area contributed by atoms with Crippen molar-refractivity contribution in [3.05, 3.63) is 86.5 Å². The van der Waals surface area contributed by atoms with Crippen molar-refractivity contribution in [1.82, 2.24) is 24.8 Å². The zero-order valence-corrected chi connectivity index (χ0v) is 22.1. The molecule has 0 radical (unpaired) electrons. The maximum atomic E-state index is 13.4. The van der Waals surface area contributed by atoms with Crippen LogP contribution in [-0.2, 0) is 0 Å². The van der Waals surface area contributed by atoms with Gasteiger partial charge >= 0.3 is 0 Å². The predicted molar refractivity (Wildman–Crippen MR) is 142 cm³/mol. The second-order valence-electron chi connectivity index (χ2n) is 9.30. The number of H-pyrrole nitrogens is 1. The van der Waals surface area contributed by atoms with E-state index in [1.165, 1.54) is 23.8 Å². The summed E-state index contributed by atoms with van der Waals surface area (Å²) in [4.78, 5) is 31.3. The lowest BCUT2D eigenvalue weighted by atomic mass is 9.99. The summed E-state index contributed by atoms with van der Waals surface area (Å²) in [7, 11) is 5.29. The highest BCUT2D eigenvalue weighted by molar-refractivity contribution is 6.32. The Morgan fingerprint density at radius 3 is 2.54 bits per heavy atom. The molecule has 2 heterocycles. The molecule has 0 spiro atoms. The molecule has 2 N–H and O–H groups in total. The molecule has 2 aromatic carbocycles. The number of fused-ring (bicyclic) bond motifs is 1. The van der Waals surface area contributed by atoms with Crippen LogP contribution in [0.1, 0.15) is 47.3 Å². The van der Waals surface area contributed by atoms with E-state index in [2.05, 4.69) is 15.4 Å². The van der Waals surface area contributed by atoms with E-state index < -0.39 is 0 Å². The molecule has 37 heavy (non-hydrogen) atoms. The lowest BCUT2D eigenvalue weighted by molar-refractivity contribution is 0.0940. The first-order valence-electron chi connectivity index (χ1n) is 11.8. The monoisotopic (exact) mass is 525 g/mol. The Balaban J connectivity index is 1.69. The topological polar surface area (TPSA) is 91.7 Å². The molecule has 1 atom stereocenters. The predicted octanol–water partition coefficient (Wildman–Crippen LogP) is 4.65. The fourth-order valence-electron chi connectivity index (χ4n) is 4.38. The van der Waals surface area contributed by atoms with E-state index in [1.807, 2.05) is 32.8 Å². The SMILES string of the molecule is COc1cc(-c2nn3cc(C(=O)NC[C@H](c4ccc(F)cc4)N(C)C)c(C(C)C)c3c(=O)[nH]2)ccc1Cl. The van der Waals surface area contributed by atoms with Crippen LogP contribution in [0.25, 0.3) is 16.9 Å². The number of carbonyl (C=O) groups excluding carboxylic acids is 1. The molecule has 0 aliphatic rings. The maximum absolute atomic E-state index is 13.4. The van der Waals surface area contributed by atoms with Gasteiger partial charge in [-0.2, -0.15) is 0 Å². The number of halogens is 2. The second kappa shape index (κ2) is 10.7. The molecule has 0 aliphatic carbocycles. The number of methoxy groups -OCH3 is 1. The molecule has 0 bridgehead atoms. The molecule has 4 rings (SSSR count). The van der Waals surface area contributed by atoms with Gasteiger partial charge in [0.2, 0.25) is 0 Å². The Labute approximate surface area is 219 Å². The zero-order chi connectivity index (χ0) is 26.9. The molecule has 8 nitrogen and oxygen atoms in total. The van der Waals surface area contributed by atoms with Gasteiger partial charge in [0.05, 0.1) is 23.7 Å². The van der Waals surface area contributed by atoms with Crippen LogP contribution in [0, 0.1) is 5.82 Å². The molecule has 4 aromatic rings. The molecule has 0 unspecified atom stereocenters. The third-order valence-electron chi connectivity index (χ3n) is 6.26. The minimum absolute atomic E-state index is 0.114. The standard InChI is InChI=1S/C27H29ClFN5O3/c1-15(2)23-19(26(35)30-13-21(33(3)4)16-6-9-18(29)10-7-16)14-34-24(23)27(36)31-25(32-34)17-8-11-20(28)22(12-17)37-5/h6-12,14-15,21H,13H2,1-5H3,(H,30,35)(H,31,32,36)/t21-/m1/s1. The molecule has 0 fully saturated rings. The third kappa shape index (κ3) is 5.38. The molecule has 10 heteroatoms. The van der Waals surface area contributed by atoms with Crippen LogP contribution in [-0.4, -0.2) is 53.2 Å². The number of aromatic nitrogens is 3. The van der Waals surface area contributed by atoms with Crippen molar-refractivity contribution in [2.45, 2.75) is 25.8 Å². The molecular weight excluding hydrogens is 497 g/mol. The number of likely N-dealkylation sites (N-methyl/N-ethyl adjacent to an activating group) is 1. The number of nitrogens with one attached hydrogen (secondary N) is 2. The second-order valence-corrected chi connectivity index (χ2v) is 9.70. The van der Waals surface area contributed by atoms with Gasteiger partial charge in [-0.15, -0.1) is 5.10 Å². The van der Waals surface area contributed by atoms with Crippen LogP contribution in [0.2, 0.25) is 5.02 Å². The van der Waals surface area contributed by atoms with E-state index in [-0.39, 0.29) is 29.2 Å². The summed E-state index contributed by atoms with van der Waals surface area (Å²) < 4.78 is 20.1. The largest absolute Gasteiger partial charge is 0.495 e. The summed E-state index contributed by atoms with van der Waals surface area (Å²) in [5.41, 5.74) is 2.41. The van der Waals surface area contributed by atoms with E-state index in [4.69, 9.17) is 16.3 Å². The van der Waals surface area contributed by atoms with Crippen molar-refractivity contribution in [3.8, 4) is 17.1 Å². The van der Waals surface area contributed by atoms with Crippen LogP contribution in [0.3, 0.4) is 0 Å². The summed E-state index contributed by atoms with van der Waals surface area (Å²) in [6.45, 7) is 4.14. The Morgan fingerprint density at radius 1 is 1.22 bits per heavy atom. The minimum atomic E-state index is -0.362. The normalized spacial score (nSPS) is 12.4. The van der Waals surface area contributed by atoms with Crippen LogP contribution >= 0.6 is 11.6 Å². The average Bonchev–Trinajstić information content (AvgIpc) is 3.26. The minimum Gasteiger partial charge on any atom is -0.495 e. The smallest absolute Gasteiger partial charge is 0.275 e. The maximum Gasteiger partial charge on any atom is 0.275 e. The highest BCUT2D eigenvalue weighted by Gasteiger charge is 2.24. The van der Waals surface area contributed by atoms with Gasteiger partial charge in [-0.3, -0.25) is 9.59 Å². The van der Waals surface area contributed by atoms with E-state index >= 15 is 0 Å². The van der Waals surface area contributed by atoms with Crippen molar-refractivity contribution in [1.29, 1.82) is 0 Å². The van der Waals surface area contributed by atoms with Crippen LogP contribution < -0.4 is 15.6 Å². The van der Waals surface area contributed by atoms with Crippen molar-refractivity contribution in [3.63, 3.8) is 0 Å². The summed E-state index contributed by atoms with van der Waals surface area (Å²) >= 11 is 6.13. The highest BCUT2D eigenvalue weighted by Crippen LogP contribution is 2.30. The van der Waals surface area contributed by atoms with Crippen molar-refractivity contribution in [2.24, 2.45) is 0 Å². The molecular formula is C27H29ClFN5O3. The first-order chi connectivity index (χ1) is 17.6. The first kappa shape index (κ1) is 26.4. The average molecular weight is 526 g/mol. The van der Waals surface area contributed by atoms with Crippen LogP contribution in [0.5, 0.6) is 5.75 Å². The van der Waals surface area contributed by atoms with E-state index in [1.54, 1.807) is 36.5 Å². The Bertz CT molecular complexity index is 1490. The van der Waals surface area contributed by atoms with Gasteiger partial charge in [0.15, 0.2) is 5.82 Å². The molecule has 0 aliphatic heterocycles. The fourth-order valence-corrected chi connectivity index (χ4v) is 4.58. The number of ether oxygens (including phenoxy) is 1. The number of hydrogen-bond acceptors (Lipinski definition) is 5. The van der Waals surface area contributed by atoms with Crippen molar-refractivity contribution in [2.75, 3.05) is 27.7 Å². The number of amides is 1. The first-order valence-corrected chi connectivity index (χ1v) is 12.2. The van der Waals surface area contributed by atoms with E-state index in [9.17, 15) is 14.0 Å². The number of rotatable bonds is 8.